The zero-order chi connectivity index (χ0) is 25.8. The Morgan fingerprint density at radius 2 is 1.92 bits per heavy atom. The van der Waals surface area contributed by atoms with Crippen molar-refractivity contribution in [3.8, 4) is 28.7 Å². The van der Waals surface area contributed by atoms with E-state index < -0.39 is 0 Å². The van der Waals surface area contributed by atoms with Crippen molar-refractivity contribution in [3.05, 3.63) is 106 Å². The van der Waals surface area contributed by atoms with Gasteiger partial charge in [-0.25, -0.2) is 4.98 Å². The molecule has 1 N–H and O–H groups in total. The van der Waals surface area contributed by atoms with Gasteiger partial charge in [-0.2, -0.15) is 5.26 Å². The molecule has 0 fully saturated rings. The molecule has 0 radical (unpaired) electrons. The van der Waals surface area contributed by atoms with Crippen molar-refractivity contribution in [2.45, 2.75) is 20.1 Å². The number of nitrogens with zero attached hydrogens (tertiary/aromatic N) is 3. The maximum Gasteiger partial charge on any atom is 0.153 e. The minimum absolute atomic E-state index is 0.131. The highest BCUT2D eigenvalue weighted by Crippen LogP contribution is 2.34. The van der Waals surface area contributed by atoms with E-state index in [0.29, 0.717) is 39.5 Å². The van der Waals surface area contributed by atoms with Gasteiger partial charge in [0.25, 0.3) is 0 Å². The van der Waals surface area contributed by atoms with Gasteiger partial charge in [-0.05, 0) is 53.4 Å². The fraction of sp³-hybridized carbons (Fsp3) is 0.103. The standard InChI is InChI=1S/C29H21ClN4O3/c1-18-22(3-2-4-24(18)21-5-6-26-27(9-21)34-17-33-26)16-37-29-10-28(23(14-35)8-25(29)30)36-15-20-7-19(11-31)12-32-13-20/h2-10,12-14,17H,15-16H2,1H3,(H,33,34). The van der Waals surface area contributed by atoms with Crippen molar-refractivity contribution >= 4 is 28.9 Å². The van der Waals surface area contributed by atoms with Crippen LogP contribution in [0.25, 0.3) is 22.2 Å². The van der Waals surface area contributed by atoms with E-state index in [1.54, 1.807) is 24.7 Å². The third kappa shape index (κ3) is 5.15. The van der Waals surface area contributed by atoms with E-state index in [1.165, 1.54) is 12.3 Å². The second kappa shape index (κ2) is 10.5. The summed E-state index contributed by atoms with van der Waals surface area (Å²) in [7, 11) is 0. The molecule has 2 aromatic heterocycles. The zero-order valence-electron chi connectivity index (χ0n) is 19.9. The number of rotatable bonds is 8. The monoisotopic (exact) mass is 508 g/mol. The number of halogens is 1. The quantitative estimate of drug-likeness (QED) is 0.242. The van der Waals surface area contributed by atoms with Crippen LogP contribution < -0.4 is 9.47 Å². The van der Waals surface area contributed by atoms with Crippen LogP contribution in [0, 0.1) is 18.3 Å². The number of nitriles is 1. The maximum atomic E-state index is 11.6. The molecule has 3 aromatic carbocycles. The Kier molecular flexibility index (Phi) is 6.84. The average molecular weight is 509 g/mol. The summed E-state index contributed by atoms with van der Waals surface area (Å²) in [6.45, 7) is 2.46. The molecule has 5 rings (SSSR count). The Bertz CT molecular complexity index is 1660. The lowest BCUT2D eigenvalue weighted by Gasteiger charge is -2.15. The van der Waals surface area contributed by atoms with Crippen LogP contribution >= 0.6 is 11.6 Å². The first-order valence-electron chi connectivity index (χ1n) is 11.5. The van der Waals surface area contributed by atoms with E-state index in [-0.39, 0.29) is 13.2 Å². The number of carbonyl (C=O) groups excluding carboxylic acids is 1. The summed E-state index contributed by atoms with van der Waals surface area (Å²) in [5, 5.41) is 9.38. The van der Waals surface area contributed by atoms with Crippen LogP contribution in [0.5, 0.6) is 11.5 Å². The van der Waals surface area contributed by atoms with Gasteiger partial charge < -0.3 is 14.5 Å². The molecule has 0 bridgehead atoms. The van der Waals surface area contributed by atoms with Crippen molar-refractivity contribution in [2.24, 2.45) is 0 Å². The van der Waals surface area contributed by atoms with Gasteiger partial charge in [0.15, 0.2) is 6.29 Å². The van der Waals surface area contributed by atoms with E-state index in [2.05, 4.69) is 40.1 Å². The number of H-pyrrole nitrogens is 1. The van der Waals surface area contributed by atoms with E-state index in [1.807, 2.05) is 24.3 Å². The number of hydrogen-bond donors (Lipinski definition) is 1. The average Bonchev–Trinajstić information content (AvgIpc) is 3.40. The summed E-state index contributed by atoms with van der Waals surface area (Å²) in [6.07, 6.45) is 5.44. The largest absolute Gasteiger partial charge is 0.488 e. The highest BCUT2D eigenvalue weighted by atomic mass is 35.5. The van der Waals surface area contributed by atoms with Gasteiger partial charge in [0, 0.05) is 24.0 Å². The highest BCUT2D eigenvalue weighted by molar-refractivity contribution is 6.32. The summed E-state index contributed by atoms with van der Waals surface area (Å²) >= 11 is 6.42. The van der Waals surface area contributed by atoms with Crippen molar-refractivity contribution in [2.75, 3.05) is 0 Å². The molecule has 182 valence electrons. The number of aromatic amines is 1. The van der Waals surface area contributed by atoms with Crippen molar-refractivity contribution in [1.29, 1.82) is 5.26 Å². The van der Waals surface area contributed by atoms with Crippen molar-refractivity contribution < 1.29 is 14.3 Å². The maximum absolute atomic E-state index is 11.6. The van der Waals surface area contributed by atoms with Gasteiger partial charge in [0.1, 0.15) is 30.8 Å². The predicted molar refractivity (Wildman–Crippen MR) is 141 cm³/mol. The number of aldehydes is 1. The molecular formula is C29H21ClN4O3. The molecule has 0 aliphatic heterocycles. The number of imidazole rings is 1. The lowest BCUT2D eigenvalue weighted by atomic mass is 9.96. The van der Waals surface area contributed by atoms with Gasteiger partial charge in [-0.15, -0.1) is 0 Å². The second-order valence-corrected chi connectivity index (χ2v) is 8.84. The summed E-state index contributed by atoms with van der Waals surface area (Å²) in [5.41, 5.74) is 7.59. The number of carbonyl (C=O) groups is 1. The van der Waals surface area contributed by atoms with Crippen LogP contribution in [0.4, 0.5) is 0 Å². The number of aromatic nitrogens is 3. The molecule has 0 saturated heterocycles. The highest BCUT2D eigenvalue weighted by Gasteiger charge is 2.14. The van der Waals surface area contributed by atoms with Gasteiger partial charge in [0.05, 0.1) is 33.5 Å². The molecular weight excluding hydrogens is 488 g/mol. The summed E-state index contributed by atoms with van der Waals surface area (Å²) < 4.78 is 11.9. The molecule has 5 aromatic rings. The number of benzene rings is 3. The van der Waals surface area contributed by atoms with Crippen molar-refractivity contribution in [3.63, 3.8) is 0 Å². The number of hydrogen-bond acceptors (Lipinski definition) is 6. The first-order chi connectivity index (χ1) is 18.1. The normalized spacial score (nSPS) is 10.7. The Morgan fingerprint density at radius 3 is 2.76 bits per heavy atom. The molecule has 0 saturated carbocycles. The van der Waals surface area contributed by atoms with Crippen LogP contribution in [0.3, 0.4) is 0 Å². The summed E-state index contributed by atoms with van der Waals surface area (Å²) in [5.74, 6) is 0.727. The van der Waals surface area contributed by atoms with Crippen LogP contribution in [-0.2, 0) is 13.2 Å². The molecule has 8 heteroatoms. The number of ether oxygens (including phenoxy) is 2. The zero-order valence-corrected chi connectivity index (χ0v) is 20.6. The van der Waals surface area contributed by atoms with E-state index in [0.717, 1.165) is 33.3 Å². The van der Waals surface area contributed by atoms with Gasteiger partial charge in [0.2, 0.25) is 0 Å². The SMILES string of the molecule is Cc1c(COc2cc(OCc3cncc(C#N)c3)c(C=O)cc2Cl)cccc1-c1ccc2nc[nH]c2c1. The van der Waals surface area contributed by atoms with Crippen molar-refractivity contribution in [1.82, 2.24) is 15.0 Å². The number of fused-ring (bicyclic) bond motifs is 1. The Hall–Kier alpha value is -4.67. The topological polar surface area (TPSA) is 101 Å². The fourth-order valence-corrected chi connectivity index (χ4v) is 4.30. The first kappa shape index (κ1) is 24.0. The number of nitrogens with one attached hydrogen (secondary N) is 1. The molecule has 0 unspecified atom stereocenters. The molecule has 0 atom stereocenters. The third-order valence-corrected chi connectivity index (χ3v) is 6.37. The summed E-state index contributed by atoms with van der Waals surface area (Å²) in [6, 6.07) is 19.1. The van der Waals surface area contributed by atoms with Gasteiger partial charge >= 0.3 is 0 Å². The van der Waals surface area contributed by atoms with Crippen LogP contribution in [0.15, 0.2) is 73.3 Å². The van der Waals surface area contributed by atoms with Crippen LogP contribution in [-0.4, -0.2) is 21.2 Å². The second-order valence-electron chi connectivity index (χ2n) is 8.43. The van der Waals surface area contributed by atoms with Crippen LogP contribution in [0.1, 0.15) is 32.6 Å². The summed E-state index contributed by atoms with van der Waals surface area (Å²) in [4.78, 5) is 23.1. The lowest BCUT2D eigenvalue weighted by molar-refractivity contribution is 0.111. The Balaban J connectivity index is 1.36. The minimum Gasteiger partial charge on any atom is -0.488 e. The predicted octanol–water partition coefficient (Wildman–Crippen LogP) is 6.43. The smallest absolute Gasteiger partial charge is 0.153 e. The fourth-order valence-electron chi connectivity index (χ4n) is 4.08. The molecule has 7 nitrogen and oxygen atoms in total. The van der Waals surface area contributed by atoms with Gasteiger partial charge in [-0.3, -0.25) is 9.78 Å². The molecule has 37 heavy (non-hydrogen) atoms. The van der Waals surface area contributed by atoms with Gasteiger partial charge in [-0.1, -0.05) is 35.9 Å². The first-order valence-corrected chi connectivity index (χ1v) is 11.8. The molecule has 0 spiro atoms. The van der Waals surface area contributed by atoms with Crippen LogP contribution in [0.2, 0.25) is 5.02 Å². The third-order valence-electron chi connectivity index (χ3n) is 6.07. The Labute approximate surface area is 218 Å². The molecule has 0 aliphatic carbocycles. The van der Waals surface area contributed by atoms with E-state index >= 15 is 0 Å². The molecule has 2 heterocycles. The lowest BCUT2D eigenvalue weighted by Crippen LogP contribution is -2.03. The number of pyridine rings is 1. The molecule has 0 aliphatic rings. The minimum atomic E-state index is 0.131. The molecule has 0 amide bonds. The van der Waals surface area contributed by atoms with E-state index in [9.17, 15) is 4.79 Å². The Morgan fingerprint density at radius 1 is 1.05 bits per heavy atom. The van der Waals surface area contributed by atoms with E-state index in [4.69, 9.17) is 26.3 Å².